The Balaban J connectivity index is 1.75. The van der Waals surface area contributed by atoms with Gasteiger partial charge in [0.1, 0.15) is 15.9 Å². The predicted molar refractivity (Wildman–Crippen MR) is 118 cm³/mol. The molecule has 1 aliphatic rings. The van der Waals surface area contributed by atoms with E-state index in [2.05, 4.69) is 23.7 Å². The molecule has 0 fully saturated rings. The van der Waals surface area contributed by atoms with Gasteiger partial charge in [0.05, 0.1) is 5.52 Å². The molecule has 144 valence electrons. The monoisotopic (exact) mass is 409 g/mol. The zero-order chi connectivity index (χ0) is 19.3. The molecule has 0 radical (unpaired) electrons. The third-order valence-electron chi connectivity index (χ3n) is 5.32. The van der Waals surface area contributed by atoms with Crippen LogP contribution in [0.15, 0.2) is 23.6 Å². The Morgan fingerprint density at radius 3 is 2.86 bits per heavy atom. The lowest BCUT2D eigenvalue weighted by molar-refractivity contribution is 0.675. The summed E-state index contributed by atoms with van der Waals surface area (Å²) in [5.41, 5.74) is 7.33. The number of thiophene rings is 1. The number of thioether (sulfide) groups is 1. The molecular formula is C21H23N5S2. The quantitative estimate of drug-likeness (QED) is 0.327. The summed E-state index contributed by atoms with van der Waals surface area (Å²) in [6.45, 7) is 8.24. The number of aryl methyl sites for hydroxylation is 2. The Hall–Kier alpha value is -1.99. The van der Waals surface area contributed by atoms with Crippen molar-refractivity contribution in [3.8, 4) is 0 Å². The van der Waals surface area contributed by atoms with Crippen LogP contribution in [0.1, 0.15) is 49.9 Å². The molecule has 4 aromatic rings. The minimum atomic E-state index is 0.834. The van der Waals surface area contributed by atoms with E-state index in [1.54, 1.807) is 23.1 Å². The highest BCUT2D eigenvalue weighted by Crippen LogP contribution is 2.40. The average Bonchev–Trinajstić information content (AvgIpc) is 3.27. The third-order valence-corrected chi connectivity index (χ3v) is 7.57. The summed E-state index contributed by atoms with van der Waals surface area (Å²) in [4.78, 5) is 11.1. The Labute approximate surface area is 172 Å². The topological polar surface area (TPSA) is 56.0 Å². The minimum absolute atomic E-state index is 0.834. The summed E-state index contributed by atoms with van der Waals surface area (Å²) >= 11 is 3.37. The first-order chi connectivity index (χ1) is 13.7. The van der Waals surface area contributed by atoms with Crippen molar-refractivity contribution in [2.24, 2.45) is 0 Å². The number of pyridine rings is 1. The van der Waals surface area contributed by atoms with Gasteiger partial charge in [0.2, 0.25) is 0 Å². The van der Waals surface area contributed by atoms with Gasteiger partial charge in [-0.15, -0.1) is 21.5 Å². The Morgan fingerprint density at radius 1 is 1.25 bits per heavy atom. The summed E-state index contributed by atoms with van der Waals surface area (Å²) in [6.07, 6.45) is 8.87. The molecule has 0 saturated carbocycles. The van der Waals surface area contributed by atoms with E-state index in [1.165, 1.54) is 35.0 Å². The van der Waals surface area contributed by atoms with E-state index in [0.717, 1.165) is 62.9 Å². The second-order valence-corrected chi connectivity index (χ2v) is 9.54. The molecule has 7 heteroatoms. The lowest BCUT2D eigenvalue weighted by atomic mass is 9.88. The molecule has 4 heterocycles. The van der Waals surface area contributed by atoms with Crippen molar-refractivity contribution in [2.75, 3.05) is 5.75 Å². The fraction of sp³-hybridized carbons (Fsp3) is 0.429. The van der Waals surface area contributed by atoms with Gasteiger partial charge in [-0.05, 0) is 50.2 Å². The highest BCUT2D eigenvalue weighted by molar-refractivity contribution is 7.99. The van der Waals surface area contributed by atoms with Gasteiger partial charge < -0.3 is 0 Å². The smallest absolute Gasteiger partial charge is 0.197 e. The molecule has 5 rings (SSSR count). The molecule has 0 amide bonds. The summed E-state index contributed by atoms with van der Waals surface area (Å²) < 4.78 is 3.10. The second kappa shape index (κ2) is 7.12. The van der Waals surface area contributed by atoms with Gasteiger partial charge in [0, 0.05) is 16.8 Å². The number of nitrogens with zero attached hydrogens (tertiary/aromatic N) is 5. The molecular weight excluding hydrogens is 386 g/mol. The average molecular weight is 410 g/mol. The molecule has 0 spiro atoms. The van der Waals surface area contributed by atoms with Gasteiger partial charge >= 0.3 is 0 Å². The van der Waals surface area contributed by atoms with E-state index in [9.17, 15) is 0 Å². The van der Waals surface area contributed by atoms with Crippen LogP contribution in [-0.2, 0) is 19.3 Å². The van der Waals surface area contributed by atoms with E-state index in [-0.39, 0.29) is 0 Å². The van der Waals surface area contributed by atoms with Crippen LogP contribution in [0.2, 0.25) is 0 Å². The summed E-state index contributed by atoms with van der Waals surface area (Å²) in [5.74, 6) is 0.834. The first-order valence-corrected chi connectivity index (χ1v) is 11.7. The van der Waals surface area contributed by atoms with Gasteiger partial charge in [-0.25, -0.2) is 9.97 Å². The minimum Gasteiger partial charge on any atom is -0.259 e. The van der Waals surface area contributed by atoms with Crippen molar-refractivity contribution < 1.29 is 0 Å². The van der Waals surface area contributed by atoms with E-state index in [4.69, 9.17) is 9.97 Å². The van der Waals surface area contributed by atoms with Gasteiger partial charge in [-0.2, -0.15) is 0 Å². The predicted octanol–water partition coefficient (Wildman–Crippen LogP) is 5.39. The number of fused-ring (bicyclic) bond motifs is 7. The molecule has 0 N–H and O–H groups in total. The molecule has 1 aliphatic carbocycles. The molecule has 5 nitrogen and oxygen atoms in total. The van der Waals surface area contributed by atoms with Crippen LogP contribution in [0.5, 0.6) is 0 Å². The maximum atomic E-state index is 5.09. The number of rotatable bonds is 5. The number of hydrogen-bond donors (Lipinski definition) is 0. The van der Waals surface area contributed by atoms with Crippen molar-refractivity contribution in [3.63, 3.8) is 0 Å². The van der Waals surface area contributed by atoms with E-state index >= 15 is 0 Å². The van der Waals surface area contributed by atoms with E-state index < -0.39 is 0 Å². The first kappa shape index (κ1) is 18.1. The largest absolute Gasteiger partial charge is 0.259 e. The molecule has 0 atom stereocenters. The van der Waals surface area contributed by atoms with Crippen molar-refractivity contribution >= 4 is 49.2 Å². The highest BCUT2D eigenvalue weighted by atomic mass is 32.2. The zero-order valence-corrected chi connectivity index (χ0v) is 17.9. The maximum absolute atomic E-state index is 5.09. The van der Waals surface area contributed by atoms with Gasteiger partial charge in [-0.3, -0.25) is 4.40 Å². The normalized spacial score (nSPS) is 14.2. The first-order valence-electron chi connectivity index (χ1n) is 9.91. The summed E-state index contributed by atoms with van der Waals surface area (Å²) in [5, 5.41) is 11.0. The lowest BCUT2D eigenvalue weighted by Gasteiger charge is -2.19. The van der Waals surface area contributed by atoms with E-state index in [1.807, 2.05) is 17.7 Å². The summed E-state index contributed by atoms with van der Waals surface area (Å²) in [7, 11) is 0. The Morgan fingerprint density at radius 2 is 2.07 bits per heavy atom. The Kier molecular flexibility index (Phi) is 4.59. The van der Waals surface area contributed by atoms with Crippen molar-refractivity contribution in [1.82, 2.24) is 24.6 Å². The van der Waals surface area contributed by atoms with Crippen LogP contribution < -0.4 is 0 Å². The molecule has 0 saturated heterocycles. The van der Waals surface area contributed by atoms with Crippen LogP contribution in [0.3, 0.4) is 0 Å². The molecule has 0 aromatic carbocycles. The lowest BCUT2D eigenvalue weighted by Crippen LogP contribution is -2.09. The fourth-order valence-corrected chi connectivity index (χ4v) is 6.01. The van der Waals surface area contributed by atoms with Crippen LogP contribution in [0.4, 0.5) is 0 Å². The van der Waals surface area contributed by atoms with E-state index in [0.29, 0.717) is 0 Å². The van der Waals surface area contributed by atoms with Crippen LogP contribution in [0.25, 0.3) is 26.1 Å². The standard InChI is InChI=1S/C21H23N5S2/c1-4-7-15-13-8-5-6-9-14(13)16-17-18(28-20(16)23-15)19-24-25-21(26(19)11-22-17)27-10-12(2)3/h11H,2,4-10H2,1,3H3. The molecule has 0 unspecified atom stereocenters. The molecule has 4 aromatic heterocycles. The highest BCUT2D eigenvalue weighted by Gasteiger charge is 2.23. The fourth-order valence-electron chi connectivity index (χ4n) is 4.11. The van der Waals surface area contributed by atoms with Crippen molar-refractivity contribution in [1.29, 1.82) is 0 Å². The number of hydrogen-bond acceptors (Lipinski definition) is 6. The van der Waals surface area contributed by atoms with Crippen LogP contribution in [0, 0.1) is 0 Å². The van der Waals surface area contributed by atoms with Crippen molar-refractivity contribution in [3.05, 3.63) is 35.3 Å². The zero-order valence-electron chi connectivity index (χ0n) is 16.3. The van der Waals surface area contributed by atoms with Crippen LogP contribution >= 0.6 is 23.1 Å². The van der Waals surface area contributed by atoms with Crippen LogP contribution in [-0.4, -0.2) is 30.3 Å². The third kappa shape index (κ3) is 2.83. The molecule has 0 aliphatic heterocycles. The SMILES string of the molecule is C=C(C)CSc1nnc2c3sc4nc(CCC)c5c(c4c3ncn12)CCCC5. The second-order valence-electron chi connectivity index (χ2n) is 7.60. The van der Waals surface area contributed by atoms with Gasteiger partial charge in [-0.1, -0.05) is 37.3 Å². The van der Waals surface area contributed by atoms with Crippen molar-refractivity contribution in [2.45, 2.75) is 57.5 Å². The maximum Gasteiger partial charge on any atom is 0.197 e. The Bertz CT molecular complexity index is 1220. The number of aromatic nitrogens is 5. The summed E-state index contributed by atoms with van der Waals surface area (Å²) in [6, 6.07) is 0. The molecule has 28 heavy (non-hydrogen) atoms. The molecule has 0 bridgehead atoms. The van der Waals surface area contributed by atoms with Gasteiger partial charge in [0.15, 0.2) is 10.8 Å². The van der Waals surface area contributed by atoms with Gasteiger partial charge in [0.25, 0.3) is 0 Å².